The van der Waals surface area contributed by atoms with Crippen molar-refractivity contribution in [1.29, 1.82) is 0 Å². The van der Waals surface area contributed by atoms with Gasteiger partial charge in [0.05, 0.1) is 12.1 Å². The van der Waals surface area contributed by atoms with Crippen molar-refractivity contribution in [2.75, 3.05) is 19.8 Å². The van der Waals surface area contributed by atoms with Gasteiger partial charge in [-0.1, -0.05) is 0 Å². The maximum atomic E-state index is 12.9. The van der Waals surface area contributed by atoms with Crippen LogP contribution in [-0.4, -0.2) is 41.6 Å². The summed E-state index contributed by atoms with van der Waals surface area (Å²) in [5.41, 5.74) is 2.12. The SMILES string of the molecule is O=C(c1ccc2[nH]c(=S)oc2c1)N(C[C@@H]1CCOC1)C1CC1. The van der Waals surface area contributed by atoms with Crippen LogP contribution in [0.25, 0.3) is 11.1 Å². The van der Waals surface area contributed by atoms with Gasteiger partial charge < -0.3 is 19.0 Å². The Morgan fingerprint density at radius 1 is 1.36 bits per heavy atom. The first-order valence-corrected chi connectivity index (χ1v) is 8.13. The lowest BCUT2D eigenvalue weighted by Crippen LogP contribution is -2.37. The van der Waals surface area contributed by atoms with Gasteiger partial charge in [-0.15, -0.1) is 0 Å². The Bertz CT molecular complexity index is 756. The molecule has 1 aromatic carbocycles. The number of hydrogen-bond donors (Lipinski definition) is 1. The third kappa shape index (κ3) is 2.68. The van der Waals surface area contributed by atoms with E-state index in [4.69, 9.17) is 21.4 Å². The average Bonchev–Trinajstić information content (AvgIpc) is 3.08. The summed E-state index contributed by atoms with van der Waals surface area (Å²) in [6.45, 7) is 2.37. The Morgan fingerprint density at radius 2 is 2.23 bits per heavy atom. The zero-order chi connectivity index (χ0) is 15.1. The van der Waals surface area contributed by atoms with E-state index in [1.165, 1.54) is 0 Å². The van der Waals surface area contributed by atoms with E-state index in [1.807, 2.05) is 17.0 Å². The molecule has 1 saturated heterocycles. The van der Waals surface area contributed by atoms with Gasteiger partial charge in [0, 0.05) is 30.7 Å². The molecule has 1 aliphatic carbocycles. The molecule has 1 aliphatic heterocycles. The van der Waals surface area contributed by atoms with Crippen LogP contribution in [0.15, 0.2) is 22.6 Å². The molecule has 1 atom stereocenters. The van der Waals surface area contributed by atoms with Crippen LogP contribution in [0.2, 0.25) is 0 Å². The second kappa shape index (κ2) is 5.52. The molecule has 6 heteroatoms. The molecule has 1 N–H and O–H groups in total. The minimum atomic E-state index is 0.0821. The molecule has 1 saturated carbocycles. The topological polar surface area (TPSA) is 58.5 Å². The standard InChI is InChI=1S/C16H18N2O3S/c19-15(11-1-4-13-14(7-11)21-16(22)17-13)18(12-2-3-12)8-10-5-6-20-9-10/h1,4,7,10,12H,2-3,5-6,8-9H2,(H,17,22)/t10-/m0/s1. The predicted octanol–water partition coefficient (Wildman–Crippen LogP) is 3.13. The minimum absolute atomic E-state index is 0.0821. The molecular formula is C16H18N2O3S. The minimum Gasteiger partial charge on any atom is -0.429 e. The molecule has 0 spiro atoms. The molecule has 2 heterocycles. The van der Waals surface area contributed by atoms with E-state index >= 15 is 0 Å². The van der Waals surface area contributed by atoms with Gasteiger partial charge in [-0.2, -0.15) is 0 Å². The molecule has 116 valence electrons. The van der Waals surface area contributed by atoms with Crippen LogP contribution < -0.4 is 0 Å². The highest BCUT2D eigenvalue weighted by Crippen LogP contribution is 2.30. The average molecular weight is 318 g/mol. The number of benzene rings is 1. The van der Waals surface area contributed by atoms with E-state index < -0.39 is 0 Å². The van der Waals surface area contributed by atoms with Crippen LogP contribution in [0.4, 0.5) is 0 Å². The number of aromatic nitrogens is 1. The first-order valence-electron chi connectivity index (χ1n) is 7.72. The lowest BCUT2D eigenvalue weighted by Gasteiger charge is -2.25. The van der Waals surface area contributed by atoms with Crippen molar-refractivity contribution < 1.29 is 13.9 Å². The largest absolute Gasteiger partial charge is 0.429 e. The Labute approximate surface area is 133 Å². The molecule has 0 unspecified atom stereocenters. The molecule has 1 aromatic heterocycles. The molecule has 0 bridgehead atoms. The molecule has 1 amide bonds. The Hall–Kier alpha value is -1.66. The number of hydrogen-bond acceptors (Lipinski definition) is 4. The number of amides is 1. The summed E-state index contributed by atoms with van der Waals surface area (Å²) in [5.74, 6) is 0.545. The monoisotopic (exact) mass is 318 g/mol. The lowest BCUT2D eigenvalue weighted by molar-refractivity contribution is 0.0706. The van der Waals surface area contributed by atoms with E-state index in [9.17, 15) is 4.79 Å². The van der Waals surface area contributed by atoms with Crippen LogP contribution in [0, 0.1) is 10.8 Å². The number of aromatic amines is 1. The van der Waals surface area contributed by atoms with Crippen molar-refractivity contribution in [3.63, 3.8) is 0 Å². The van der Waals surface area contributed by atoms with E-state index in [0.29, 0.717) is 27.9 Å². The number of H-pyrrole nitrogens is 1. The predicted molar refractivity (Wildman–Crippen MR) is 84.4 cm³/mol. The Balaban J connectivity index is 1.59. The van der Waals surface area contributed by atoms with Crippen molar-refractivity contribution in [3.05, 3.63) is 28.6 Å². The van der Waals surface area contributed by atoms with Gasteiger partial charge >= 0.3 is 0 Å². The summed E-state index contributed by atoms with van der Waals surface area (Å²) in [4.78, 5) is 18.2. The number of nitrogens with one attached hydrogen (secondary N) is 1. The summed E-state index contributed by atoms with van der Waals surface area (Å²) >= 11 is 4.99. The smallest absolute Gasteiger partial charge is 0.266 e. The second-order valence-corrected chi connectivity index (χ2v) is 6.51. The summed E-state index contributed by atoms with van der Waals surface area (Å²) in [7, 11) is 0. The number of ether oxygens (including phenoxy) is 1. The highest BCUT2D eigenvalue weighted by Gasteiger charge is 2.35. The van der Waals surface area contributed by atoms with Crippen molar-refractivity contribution >= 4 is 29.2 Å². The zero-order valence-electron chi connectivity index (χ0n) is 12.2. The van der Waals surface area contributed by atoms with Crippen molar-refractivity contribution in [2.45, 2.75) is 25.3 Å². The van der Waals surface area contributed by atoms with Crippen LogP contribution in [0.5, 0.6) is 0 Å². The number of fused-ring (bicyclic) bond motifs is 1. The highest BCUT2D eigenvalue weighted by atomic mass is 32.1. The highest BCUT2D eigenvalue weighted by molar-refractivity contribution is 7.71. The molecule has 22 heavy (non-hydrogen) atoms. The van der Waals surface area contributed by atoms with E-state index in [0.717, 1.165) is 44.5 Å². The van der Waals surface area contributed by atoms with Gasteiger partial charge in [0.2, 0.25) is 0 Å². The maximum absolute atomic E-state index is 12.9. The van der Waals surface area contributed by atoms with Crippen LogP contribution in [0.3, 0.4) is 0 Å². The summed E-state index contributed by atoms with van der Waals surface area (Å²) < 4.78 is 10.9. The molecule has 5 nitrogen and oxygen atoms in total. The quantitative estimate of drug-likeness (QED) is 0.880. The lowest BCUT2D eigenvalue weighted by atomic mass is 10.1. The van der Waals surface area contributed by atoms with Gasteiger partial charge in [-0.25, -0.2) is 0 Å². The maximum Gasteiger partial charge on any atom is 0.266 e. The van der Waals surface area contributed by atoms with E-state index in [-0.39, 0.29) is 5.91 Å². The molecule has 2 aliphatic rings. The van der Waals surface area contributed by atoms with Crippen LogP contribution in [0.1, 0.15) is 29.6 Å². The number of nitrogens with zero attached hydrogens (tertiary/aromatic N) is 1. The van der Waals surface area contributed by atoms with Gasteiger partial charge in [0.25, 0.3) is 10.7 Å². The van der Waals surface area contributed by atoms with Gasteiger partial charge in [0.15, 0.2) is 5.58 Å². The fraction of sp³-hybridized carbons (Fsp3) is 0.500. The molecule has 2 aromatic rings. The Morgan fingerprint density at radius 3 is 2.95 bits per heavy atom. The fourth-order valence-corrected chi connectivity index (χ4v) is 3.23. The third-order valence-electron chi connectivity index (χ3n) is 4.40. The number of oxazole rings is 1. The van der Waals surface area contributed by atoms with E-state index in [1.54, 1.807) is 6.07 Å². The fourth-order valence-electron chi connectivity index (χ4n) is 3.03. The van der Waals surface area contributed by atoms with Crippen molar-refractivity contribution in [2.24, 2.45) is 5.92 Å². The molecule has 2 fully saturated rings. The van der Waals surface area contributed by atoms with Gasteiger partial charge in [-0.3, -0.25) is 4.79 Å². The number of rotatable bonds is 4. The summed E-state index contributed by atoms with van der Waals surface area (Å²) in [5, 5.41) is 0. The van der Waals surface area contributed by atoms with Crippen molar-refractivity contribution in [1.82, 2.24) is 9.88 Å². The number of carbonyl (C=O) groups excluding carboxylic acids is 1. The second-order valence-electron chi connectivity index (χ2n) is 6.14. The van der Waals surface area contributed by atoms with Crippen molar-refractivity contribution in [3.8, 4) is 0 Å². The van der Waals surface area contributed by atoms with Gasteiger partial charge in [-0.05, 0) is 49.7 Å². The Kier molecular flexibility index (Phi) is 3.50. The third-order valence-corrected chi connectivity index (χ3v) is 4.58. The zero-order valence-corrected chi connectivity index (χ0v) is 13.0. The molecular weight excluding hydrogens is 300 g/mol. The molecule has 0 radical (unpaired) electrons. The van der Waals surface area contributed by atoms with Gasteiger partial charge in [0.1, 0.15) is 0 Å². The van der Waals surface area contributed by atoms with Crippen LogP contribution in [-0.2, 0) is 4.74 Å². The number of carbonyl (C=O) groups is 1. The first kappa shape index (κ1) is 14.0. The molecule has 4 rings (SSSR count). The van der Waals surface area contributed by atoms with E-state index in [2.05, 4.69) is 4.98 Å². The normalized spacial score (nSPS) is 21.4. The summed E-state index contributed by atoms with van der Waals surface area (Å²) in [6, 6.07) is 5.86. The first-order chi connectivity index (χ1) is 10.7. The van der Waals surface area contributed by atoms with Crippen LogP contribution >= 0.6 is 12.2 Å². The summed E-state index contributed by atoms with van der Waals surface area (Å²) in [6.07, 6.45) is 3.25.